The van der Waals surface area contributed by atoms with E-state index in [1.54, 1.807) is 0 Å². The van der Waals surface area contributed by atoms with E-state index in [4.69, 9.17) is 5.73 Å². The van der Waals surface area contributed by atoms with Crippen molar-refractivity contribution in [3.05, 3.63) is 0 Å². The third-order valence-electron chi connectivity index (χ3n) is 5.67. The molecule has 0 amide bonds. The Labute approximate surface area is 126 Å². The van der Waals surface area contributed by atoms with E-state index in [-0.39, 0.29) is 0 Å². The van der Waals surface area contributed by atoms with Crippen molar-refractivity contribution < 1.29 is 0 Å². The largest absolute Gasteiger partial charge is 0.328 e. The second-order valence-electron chi connectivity index (χ2n) is 7.27. The van der Waals surface area contributed by atoms with E-state index < -0.39 is 0 Å². The lowest BCUT2D eigenvalue weighted by Gasteiger charge is -2.43. The topological polar surface area (TPSA) is 29.3 Å². The van der Waals surface area contributed by atoms with Gasteiger partial charge in [0.2, 0.25) is 0 Å². The van der Waals surface area contributed by atoms with Crippen molar-refractivity contribution in [3.63, 3.8) is 0 Å². The quantitative estimate of drug-likeness (QED) is 0.785. The molecule has 2 nitrogen and oxygen atoms in total. The Morgan fingerprint density at radius 1 is 0.800 bits per heavy atom. The molecule has 0 unspecified atom stereocenters. The minimum atomic E-state index is 0.481. The highest BCUT2D eigenvalue weighted by Gasteiger charge is 2.31. The highest BCUT2D eigenvalue weighted by Crippen LogP contribution is 2.33. The van der Waals surface area contributed by atoms with Crippen LogP contribution in [0.2, 0.25) is 0 Å². The second-order valence-corrected chi connectivity index (χ2v) is 7.27. The van der Waals surface area contributed by atoms with Gasteiger partial charge in [-0.3, -0.25) is 4.90 Å². The van der Waals surface area contributed by atoms with Gasteiger partial charge in [0.15, 0.2) is 0 Å². The van der Waals surface area contributed by atoms with Gasteiger partial charge in [-0.25, -0.2) is 0 Å². The highest BCUT2D eigenvalue weighted by atomic mass is 15.2. The Hall–Kier alpha value is -0.0800. The molecule has 2 aliphatic carbocycles. The Morgan fingerprint density at radius 3 is 1.85 bits per heavy atom. The fraction of sp³-hybridized carbons (Fsp3) is 1.00. The lowest BCUT2D eigenvalue weighted by molar-refractivity contribution is 0.0666. The van der Waals surface area contributed by atoms with Crippen LogP contribution in [-0.4, -0.2) is 29.6 Å². The predicted molar refractivity (Wildman–Crippen MR) is 87.9 cm³/mol. The lowest BCUT2D eigenvalue weighted by atomic mass is 9.81. The predicted octanol–water partition coefficient (Wildman–Crippen LogP) is 4.33. The average molecular weight is 280 g/mol. The van der Waals surface area contributed by atoms with Gasteiger partial charge in [-0.05, 0) is 70.3 Å². The van der Waals surface area contributed by atoms with Crippen LogP contribution in [0.4, 0.5) is 0 Å². The Bertz CT molecular complexity index is 250. The Morgan fingerprint density at radius 2 is 1.35 bits per heavy atom. The summed E-state index contributed by atoms with van der Waals surface area (Å²) >= 11 is 0. The van der Waals surface area contributed by atoms with Crippen LogP contribution in [0.3, 0.4) is 0 Å². The van der Waals surface area contributed by atoms with Crippen molar-refractivity contribution in [2.24, 2.45) is 11.7 Å². The van der Waals surface area contributed by atoms with E-state index in [2.05, 4.69) is 18.7 Å². The van der Waals surface area contributed by atoms with Crippen LogP contribution in [0.15, 0.2) is 0 Å². The van der Waals surface area contributed by atoms with Gasteiger partial charge in [0, 0.05) is 18.1 Å². The van der Waals surface area contributed by atoms with Crippen molar-refractivity contribution in [3.8, 4) is 0 Å². The Kier molecular flexibility index (Phi) is 6.83. The van der Waals surface area contributed by atoms with Gasteiger partial charge >= 0.3 is 0 Å². The summed E-state index contributed by atoms with van der Waals surface area (Å²) in [5, 5.41) is 0. The molecular weight excluding hydrogens is 244 g/mol. The highest BCUT2D eigenvalue weighted by molar-refractivity contribution is 4.87. The molecule has 0 aromatic rings. The number of hydrogen-bond acceptors (Lipinski definition) is 2. The zero-order chi connectivity index (χ0) is 14.4. The fourth-order valence-corrected chi connectivity index (χ4v) is 4.53. The molecule has 2 saturated carbocycles. The van der Waals surface area contributed by atoms with E-state index in [1.165, 1.54) is 77.2 Å². The van der Waals surface area contributed by atoms with Crippen LogP contribution in [0, 0.1) is 5.92 Å². The molecule has 0 saturated heterocycles. The van der Waals surface area contributed by atoms with Crippen LogP contribution in [0.25, 0.3) is 0 Å². The molecule has 2 heteroatoms. The van der Waals surface area contributed by atoms with Crippen LogP contribution in [0.1, 0.15) is 84.5 Å². The molecule has 2 rings (SSSR count). The summed E-state index contributed by atoms with van der Waals surface area (Å²) in [6.07, 6.45) is 15.2. The number of rotatable bonds is 6. The standard InChI is InChI=1S/C18H36N2/c1-3-5-15-6-10-17(11-7-15)20(14-4-2)18-12-8-16(19)9-13-18/h15-18H,3-14,19H2,1-2H3. The van der Waals surface area contributed by atoms with E-state index in [9.17, 15) is 0 Å². The number of hydrogen-bond donors (Lipinski definition) is 1. The van der Waals surface area contributed by atoms with Gasteiger partial charge in [0.25, 0.3) is 0 Å². The van der Waals surface area contributed by atoms with E-state index in [0.717, 1.165) is 18.0 Å². The molecular formula is C18H36N2. The minimum absolute atomic E-state index is 0.481. The van der Waals surface area contributed by atoms with Crippen molar-refractivity contribution in [1.29, 1.82) is 0 Å². The first-order valence-electron chi connectivity index (χ1n) is 9.25. The van der Waals surface area contributed by atoms with Crippen molar-refractivity contribution in [1.82, 2.24) is 4.90 Å². The van der Waals surface area contributed by atoms with Crippen molar-refractivity contribution in [2.45, 2.75) is 103 Å². The first kappa shape index (κ1) is 16.3. The van der Waals surface area contributed by atoms with Gasteiger partial charge in [-0.1, -0.05) is 26.7 Å². The first-order chi connectivity index (χ1) is 9.74. The maximum atomic E-state index is 6.08. The van der Waals surface area contributed by atoms with Crippen LogP contribution < -0.4 is 5.73 Å². The minimum Gasteiger partial charge on any atom is -0.328 e. The van der Waals surface area contributed by atoms with Crippen LogP contribution >= 0.6 is 0 Å². The van der Waals surface area contributed by atoms with Crippen molar-refractivity contribution >= 4 is 0 Å². The molecule has 0 aliphatic heterocycles. The van der Waals surface area contributed by atoms with Gasteiger partial charge < -0.3 is 5.73 Å². The molecule has 0 atom stereocenters. The SMILES string of the molecule is CCCC1CCC(N(CCC)C2CCC(N)CC2)CC1. The maximum Gasteiger partial charge on any atom is 0.00993 e. The van der Waals surface area contributed by atoms with Gasteiger partial charge in [-0.15, -0.1) is 0 Å². The number of nitrogens with two attached hydrogens (primary N) is 1. The molecule has 118 valence electrons. The van der Waals surface area contributed by atoms with E-state index >= 15 is 0 Å². The average Bonchev–Trinajstić information content (AvgIpc) is 2.47. The zero-order valence-electron chi connectivity index (χ0n) is 13.8. The summed E-state index contributed by atoms with van der Waals surface area (Å²) in [4.78, 5) is 2.88. The summed E-state index contributed by atoms with van der Waals surface area (Å²) < 4.78 is 0. The molecule has 2 fully saturated rings. The molecule has 20 heavy (non-hydrogen) atoms. The summed E-state index contributed by atoms with van der Waals surface area (Å²) in [7, 11) is 0. The monoisotopic (exact) mass is 280 g/mol. The van der Waals surface area contributed by atoms with Crippen LogP contribution in [-0.2, 0) is 0 Å². The smallest absolute Gasteiger partial charge is 0.00993 e. The first-order valence-corrected chi connectivity index (χ1v) is 9.25. The normalized spacial score (nSPS) is 35.4. The van der Waals surface area contributed by atoms with Crippen LogP contribution in [0.5, 0.6) is 0 Å². The van der Waals surface area contributed by atoms with Gasteiger partial charge in [0.1, 0.15) is 0 Å². The molecule has 0 heterocycles. The maximum absolute atomic E-state index is 6.08. The lowest BCUT2D eigenvalue weighted by Crippen LogP contribution is -2.48. The molecule has 0 spiro atoms. The molecule has 0 aromatic heterocycles. The van der Waals surface area contributed by atoms with E-state index in [1.807, 2.05) is 0 Å². The summed E-state index contributed by atoms with van der Waals surface area (Å²) in [6.45, 7) is 5.98. The van der Waals surface area contributed by atoms with Gasteiger partial charge in [0.05, 0.1) is 0 Å². The third-order valence-corrected chi connectivity index (χ3v) is 5.67. The molecule has 0 bridgehead atoms. The van der Waals surface area contributed by atoms with Gasteiger partial charge in [-0.2, -0.15) is 0 Å². The molecule has 0 aromatic carbocycles. The fourth-order valence-electron chi connectivity index (χ4n) is 4.53. The molecule has 2 N–H and O–H groups in total. The zero-order valence-corrected chi connectivity index (χ0v) is 13.8. The summed E-state index contributed by atoms with van der Waals surface area (Å²) in [5.74, 6) is 1.03. The Balaban J connectivity index is 1.85. The summed E-state index contributed by atoms with van der Waals surface area (Å²) in [5.41, 5.74) is 6.08. The third kappa shape index (κ3) is 4.46. The van der Waals surface area contributed by atoms with Crippen molar-refractivity contribution in [2.75, 3.05) is 6.54 Å². The number of nitrogens with zero attached hydrogens (tertiary/aromatic N) is 1. The molecule has 2 aliphatic rings. The molecule has 0 radical (unpaired) electrons. The van der Waals surface area contributed by atoms with E-state index in [0.29, 0.717) is 6.04 Å². The summed E-state index contributed by atoms with van der Waals surface area (Å²) in [6, 6.07) is 2.19. The second kappa shape index (κ2) is 8.38.